The minimum Gasteiger partial charge on any atom is -0.390 e. The number of aryl methyl sites for hydroxylation is 2. The van der Waals surface area contributed by atoms with Gasteiger partial charge in [-0.2, -0.15) is 14.9 Å². The summed E-state index contributed by atoms with van der Waals surface area (Å²) in [7, 11) is 0. The van der Waals surface area contributed by atoms with Crippen LogP contribution in [-0.4, -0.2) is 51.7 Å². The largest absolute Gasteiger partial charge is 0.491 e. The number of carbonyl (C=O) groups is 1. The Labute approximate surface area is 168 Å². The molecule has 3 aromatic heterocycles. The first-order chi connectivity index (χ1) is 13.3. The van der Waals surface area contributed by atoms with Crippen molar-refractivity contribution < 1.29 is 9.72 Å². The van der Waals surface area contributed by atoms with E-state index in [-0.39, 0.29) is 18.3 Å². The summed E-state index contributed by atoms with van der Waals surface area (Å²) < 4.78 is 4.24. The lowest BCUT2D eigenvalue weighted by Crippen LogP contribution is -2.26. The van der Waals surface area contributed by atoms with Gasteiger partial charge in [0.05, 0.1) is 5.69 Å². The predicted molar refractivity (Wildman–Crippen MR) is 98.2 cm³/mol. The van der Waals surface area contributed by atoms with Crippen molar-refractivity contribution in [1.82, 2.24) is 39.6 Å². The van der Waals surface area contributed by atoms with E-state index in [4.69, 9.17) is 23.2 Å². The van der Waals surface area contributed by atoms with Gasteiger partial charge < -0.3 is 15.4 Å². The van der Waals surface area contributed by atoms with Gasteiger partial charge >= 0.3 is 5.95 Å². The van der Waals surface area contributed by atoms with Crippen molar-refractivity contribution in [1.29, 1.82) is 0 Å². The Hall–Kier alpha value is -2.99. The molecule has 14 heteroatoms. The smallest absolute Gasteiger partial charge is 0.390 e. The molecule has 1 N–H and O–H groups in total. The molecule has 0 saturated carbocycles. The molecule has 0 unspecified atom stereocenters. The maximum absolute atomic E-state index is 12.2. The van der Waals surface area contributed by atoms with Crippen LogP contribution in [0, 0.1) is 17.0 Å². The summed E-state index contributed by atoms with van der Waals surface area (Å²) in [6.45, 7) is 2.76. The molecule has 0 spiro atoms. The Morgan fingerprint density at radius 2 is 2.07 bits per heavy atom. The Morgan fingerprint density at radius 1 is 1.29 bits per heavy atom. The van der Waals surface area contributed by atoms with E-state index in [2.05, 4.69) is 25.6 Å². The lowest BCUT2D eigenvalue weighted by molar-refractivity contribution is -0.394. The second-order valence-corrected chi connectivity index (χ2v) is 6.48. The van der Waals surface area contributed by atoms with Gasteiger partial charge in [-0.05, 0) is 24.3 Å². The molecule has 0 atom stereocenters. The minimum atomic E-state index is -0.690. The molecule has 0 saturated heterocycles. The second-order valence-electron chi connectivity index (χ2n) is 5.75. The van der Waals surface area contributed by atoms with Crippen LogP contribution in [0.1, 0.15) is 22.6 Å². The number of aromatic nitrogens is 7. The quantitative estimate of drug-likeness (QED) is 0.326. The molecule has 0 aliphatic rings. The van der Waals surface area contributed by atoms with Gasteiger partial charge in [0, 0.05) is 24.4 Å². The molecule has 0 aliphatic carbocycles. The van der Waals surface area contributed by atoms with Crippen LogP contribution in [-0.2, 0) is 13.2 Å². The van der Waals surface area contributed by atoms with E-state index in [1.807, 2.05) is 0 Å². The van der Waals surface area contributed by atoms with E-state index >= 15 is 0 Å². The van der Waals surface area contributed by atoms with Crippen molar-refractivity contribution in [3.63, 3.8) is 0 Å². The first kappa shape index (κ1) is 19.8. The summed E-state index contributed by atoms with van der Waals surface area (Å²) in [5.74, 6) is -0.844. The Kier molecular flexibility index (Phi) is 5.90. The molecule has 3 rings (SSSR count). The number of nitrogens with zero attached hydrogens (tertiary/aromatic N) is 8. The number of nitro groups is 1. The summed E-state index contributed by atoms with van der Waals surface area (Å²) in [5, 5.41) is 26.1. The zero-order valence-electron chi connectivity index (χ0n) is 14.6. The molecular weight excluding hydrogens is 413 g/mol. The highest BCUT2D eigenvalue weighted by Gasteiger charge is 2.15. The SMILES string of the molecule is Cc1nn(CCCNC(=O)c2ccn(Cn3cnc([N+](=O)[O-])n3)n2)c(Cl)c1Cl. The highest BCUT2D eigenvalue weighted by molar-refractivity contribution is 6.41. The maximum Gasteiger partial charge on any atom is 0.491 e. The highest BCUT2D eigenvalue weighted by Crippen LogP contribution is 2.24. The van der Waals surface area contributed by atoms with Crippen LogP contribution in [0.4, 0.5) is 5.95 Å². The normalized spacial score (nSPS) is 11.0. The van der Waals surface area contributed by atoms with Crippen LogP contribution in [0.15, 0.2) is 18.6 Å². The molecule has 0 radical (unpaired) electrons. The minimum absolute atomic E-state index is 0.0893. The van der Waals surface area contributed by atoms with E-state index in [0.717, 1.165) is 0 Å². The second kappa shape index (κ2) is 8.35. The number of rotatable bonds is 8. The third-order valence-electron chi connectivity index (χ3n) is 3.68. The Balaban J connectivity index is 1.48. The summed E-state index contributed by atoms with van der Waals surface area (Å²) in [5.41, 5.74) is 0.865. The van der Waals surface area contributed by atoms with Gasteiger partial charge in [-0.15, -0.1) is 0 Å². The van der Waals surface area contributed by atoms with E-state index in [0.29, 0.717) is 35.4 Å². The number of amides is 1. The van der Waals surface area contributed by atoms with Gasteiger partial charge in [0.15, 0.2) is 6.67 Å². The van der Waals surface area contributed by atoms with Gasteiger partial charge in [0.25, 0.3) is 5.91 Å². The molecule has 0 bridgehead atoms. The Morgan fingerprint density at radius 3 is 2.71 bits per heavy atom. The van der Waals surface area contributed by atoms with Crippen molar-refractivity contribution in [2.75, 3.05) is 6.54 Å². The van der Waals surface area contributed by atoms with Crippen molar-refractivity contribution in [2.24, 2.45) is 0 Å². The topological polar surface area (TPSA) is 139 Å². The van der Waals surface area contributed by atoms with Crippen LogP contribution in [0.5, 0.6) is 0 Å². The van der Waals surface area contributed by atoms with Crippen molar-refractivity contribution in [3.05, 3.63) is 50.3 Å². The van der Waals surface area contributed by atoms with E-state index in [1.54, 1.807) is 17.8 Å². The average Bonchev–Trinajstić information content (AvgIpc) is 3.37. The number of nitrogens with one attached hydrogen (secondary N) is 1. The zero-order valence-corrected chi connectivity index (χ0v) is 16.1. The summed E-state index contributed by atoms with van der Waals surface area (Å²) in [6.07, 6.45) is 3.39. The molecule has 12 nitrogen and oxygen atoms in total. The third kappa shape index (κ3) is 4.46. The molecular formula is C14H15Cl2N9O3. The van der Waals surface area contributed by atoms with Gasteiger partial charge in [0.2, 0.25) is 6.33 Å². The van der Waals surface area contributed by atoms with Crippen LogP contribution in [0.3, 0.4) is 0 Å². The lowest BCUT2D eigenvalue weighted by atomic mass is 10.3. The maximum atomic E-state index is 12.2. The standard InChI is InChI=1S/C14H15Cl2N9O3/c1-9-11(15)12(16)24(19-9)5-2-4-17-13(26)10-3-6-22(20-10)8-23-7-18-14(21-23)25(27)28/h3,6-7H,2,4-5,8H2,1H3,(H,17,26). The van der Waals surface area contributed by atoms with E-state index < -0.39 is 10.9 Å². The summed E-state index contributed by atoms with van der Waals surface area (Å²) in [4.78, 5) is 25.6. The van der Waals surface area contributed by atoms with Crippen molar-refractivity contribution in [3.8, 4) is 0 Å². The van der Waals surface area contributed by atoms with Gasteiger partial charge in [-0.1, -0.05) is 28.2 Å². The van der Waals surface area contributed by atoms with E-state index in [9.17, 15) is 14.9 Å². The third-order valence-corrected chi connectivity index (χ3v) is 4.61. The fourth-order valence-corrected chi connectivity index (χ4v) is 2.74. The number of carbonyl (C=O) groups excluding carboxylic acids is 1. The molecule has 0 aliphatic heterocycles. The predicted octanol–water partition coefficient (Wildman–Crippen LogP) is 1.52. The molecule has 28 heavy (non-hydrogen) atoms. The first-order valence-corrected chi connectivity index (χ1v) is 8.84. The number of hydrogen-bond donors (Lipinski definition) is 1. The molecule has 0 fully saturated rings. The van der Waals surface area contributed by atoms with Crippen LogP contribution in [0.2, 0.25) is 10.2 Å². The van der Waals surface area contributed by atoms with E-state index in [1.165, 1.54) is 21.8 Å². The molecule has 3 heterocycles. The number of hydrogen-bond acceptors (Lipinski definition) is 7. The van der Waals surface area contributed by atoms with Gasteiger partial charge in [-0.25, -0.2) is 4.68 Å². The lowest BCUT2D eigenvalue weighted by Gasteiger charge is -2.05. The molecule has 148 valence electrons. The van der Waals surface area contributed by atoms with Crippen molar-refractivity contribution >= 4 is 35.1 Å². The first-order valence-electron chi connectivity index (χ1n) is 8.09. The van der Waals surface area contributed by atoms with Crippen molar-refractivity contribution in [2.45, 2.75) is 26.6 Å². The molecule has 3 aromatic rings. The fraction of sp³-hybridized carbons (Fsp3) is 0.357. The fourth-order valence-electron chi connectivity index (χ4n) is 2.35. The van der Waals surface area contributed by atoms with Crippen LogP contribution in [0.25, 0.3) is 0 Å². The molecule has 0 aromatic carbocycles. The molecule has 1 amide bonds. The monoisotopic (exact) mass is 427 g/mol. The summed E-state index contributed by atoms with van der Waals surface area (Å²) >= 11 is 12.0. The average molecular weight is 428 g/mol. The van der Waals surface area contributed by atoms with Crippen LogP contribution < -0.4 is 5.32 Å². The Bertz CT molecular complexity index is 1010. The van der Waals surface area contributed by atoms with Gasteiger partial charge in [0.1, 0.15) is 15.9 Å². The van der Waals surface area contributed by atoms with Gasteiger partial charge in [-0.3, -0.25) is 9.48 Å². The number of halogens is 2. The summed E-state index contributed by atoms with van der Waals surface area (Å²) in [6, 6.07) is 1.54. The van der Waals surface area contributed by atoms with Crippen LogP contribution >= 0.6 is 23.2 Å². The highest BCUT2D eigenvalue weighted by atomic mass is 35.5. The zero-order chi connectivity index (χ0) is 20.3.